The summed E-state index contributed by atoms with van der Waals surface area (Å²) in [6.07, 6.45) is 15.0. The molecule has 0 bridgehead atoms. The van der Waals surface area contributed by atoms with Crippen molar-refractivity contribution in [3.63, 3.8) is 0 Å². The van der Waals surface area contributed by atoms with Crippen LogP contribution in [0.4, 0.5) is 0 Å². The second kappa shape index (κ2) is 5.44. The van der Waals surface area contributed by atoms with Gasteiger partial charge in [0.2, 0.25) is 0 Å². The molecule has 18 heavy (non-hydrogen) atoms. The lowest BCUT2D eigenvalue weighted by molar-refractivity contribution is 0.265. The Kier molecular flexibility index (Phi) is 3.69. The Morgan fingerprint density at radius 1 is 1.22 bits per heavy atom. The van der Waals surface area contributed by atoms with E-state index < -0.39 is 0 Å². The Bertz CT molecular complexity index is 426. The van der Waals surface area contributed by atoms with Gasteiger partial charge in [-0.2, -0.15) is 0 Å². The molecule has 1 saturated carbocycles. The summed E-state index contributed by atoms with van der Waals surface area (Å²) in [7, 11) is 0. The van der Waals surface area contributed by atoms with Gasteiger partial charge in [0.15, 0.2) is 0 Å². The fraction of sp³-hybridized carbons (Fsp3) is 0.529. The smallest absolute Gasteiger partial charge is 0.00512 e. The number of hydrogen-bond acceptors (Lipinski definition) is 1. The molecule has 96 valence electrons. The first-order valence-corrected chi connectivity index (χ1v) is 8.10. The van der Waals surface area contributed by atoms with Gasteiger partial charge in [-0.05, 0) is 48.0 Å². The molecule has 2 aliphatic carbocycles. The van der Waals surface area contributed by atoms with Gasteiger partial charge in [-0.3, -0.25) is 0 Å². The lowest BCUT2D eigenvalue weighted by Crippen LogP contribution is -2.25. The van der Waals surface area contributed by atoms with Gasteiger partial charge >= 0.3 is 0 Å². The van der Waals surface area contributed by atoms with E-state index in [1.807, 2.05) is 11.3 Å². The zero-order valence-electron chi connectivity index (χ0n) is 11.1. The molecule has 0 aliphatic heterocycles. The zero-order valence-corrected chi connectivity index (χ0v) is 11.9. The molecule has 3 rings (SSSR count). The average molecular weight is 258 g/mol. The van der Waals surface area contributed by atoms with Gasteiger partial charge in [0.1, 0.15) is 0 Å². The quantitative estimate of drug-likeness (QED) is 0.709. The van der Waals surface area contributed by atoms with Crippen LogP contribution in [0.3, 0.4) is 0 Å². The van der Waals surface area contributed by atoms with E-state index in [1.165, 1.54) is 30.6 Å². The van der Waals surface area contributed by atoms with E-state index in [2.05, 4.69) is 48.7 Å². The molecule has 1 heterocycles. The highest BCUT2D eigenvalue weighted by Crippen LogP contribution is 2.42. The van der Waals surface area contributed by atoms with Crippen LogP contribution in [0.1, 0.15) is 31.1 Å². The Balaban J connectivity index is 1.74. The summed E-state index contributed by atoms with van der Waals surface area (Å²) in [5.74, 6) is 3.32. The number of thiophene rings is 1. The van der Waals surface area contributed by atoms with Crippen LogP contribution < -0.4 is 0 Å². The van der Waals surface area contributed by atoms with Crippen molar-refractivity contribution in [2.75, 3.05) is 0 Å². The van der Waals surface area contributed by atoms with Crippen molar-refractivity contribution in [2.45, 2.75) is 32.6 Å². The van der Waals surface area contributed by atoms with Crippen LogP contribution in [0.2, 0.25) is 0 Å². The summed E-state index contributed by atoms with van der Waals surface area (Å²) >= 11 is 1.90. The molecule has 0 N–H and O–H groups in total. The van der Waals surface area contributed by atoms with Crippen molar-refractivity contribution in [2.24, 2.45) is 23.7 Å². The zero-order chi connectivity index (χ0) is 12.4. The van der Waals surface area contributed by atoms with Crippen molar-refractivity contribution >= 4 is 11.3 Å². The van der Waals surface area contributed by atoms with E-state index in [-0.39, 0.29) is 0 Å². The van der Waals surface area contributed by atoms with Crippen molar-refractivity contribution in [3.05, 3.63) is 46.7 Å². The summed E-state index contributed by atoms with van der Waals surface area (Å²) in [6, 6.07) is 4.46. The fourth-order valence-corrected chi connectivity index (χ4v) is 4.52. The first kappa shape index (κ1) is 12.2. The molecule has 0 saturated heterocycles. The van der Waals surface area contributed by atoms with Gasteiger partial charge in [-0.25, -0.2) is 0 Å². The first-order chi connectivity index (χ1) is 8.84. The lowest BCUT2D eigenvalue weighted by Gasteiger charge is -2.31. The van der Waals surface area contributed by atoms with Crippen molar-refractivity contribution in [1.29, 1.82) is 0 Å². The van der Waals surface area contributed by atoms with Crippen LogP contribution in [0, 0.1) is 23.7 Å². The Hall–Kier alpha value is -0.820. The minimum absolute atomic E-state index is 0.721. The molecule has 0 radical (unpaired) electrons. The molecule has 2 aliphatic rings. The third-order valence-corrected chi connectivity index (χ3v) is 5.64. The highest BCUT2D eigenvalue weighted by atomic mass is 32.1. The fourth-order valence-electron chi connectivity index (χ4n) is 3.74. The third-order valence-electron chi connectivity index (χ3n) is 4.74. The minimum Gasteiger partial charge on any atom is -0.149 e. The van der Waals surface area contributed by atoms with E-state index in [0.29, 0.717) is 0 Å². The Morgan fingerprint density at radius 2 is 2.11 bits per heavy atom. The lowest BCUT2D eigenvalue weighted by atomic mass is 9.73. The van der Waals surface area contributed by atoms with Crippen LogP contribution >= 0.6 is 11.3 Å². The predicted octanol–water partition coefficient (Wildman–Crippen LogP) is 5.09. The molecule has 0 nitrogen and oxygen atoms in total. The second-order valence-corrected chi connectivity index (χ2v) is 6.90. The van der Waals surface area contributed by atoms with Gasteiger partial charge in [0.05, 0.1) is 0 Å². The summed E-state index contributed by atoms with van der Waals surface area (Å²) < 4.78 is 0. The molecular formula is C17H22S. The topological polar surface area (TPSA) is 0 Å². The molecule has 0 spiro atoms. The maximum Gasteiger partial charge on any atom is 0.00512 e. The highest BCUT2D eigenvalue weighted by Gasteiger charge is 2.33. The predicted molar refractivity (Wildman–Crippen MR) is 79.8 cm³/mol. The van der Waals surface area contributed by atoms with Crippen LogP contribution in [0.5, 0.6) is 0 Å². The van der Waals surface area contributed by atoms with Crippen LogP contribution in [0.15, 0.2) is 41.8 Å². The third kappa shape index (κ3) is 2.47. The van der Waals surface area contributed by atoms with Gasteiger partial charge in [-0.15, -0.1) is 11.3 Å². The average Bonchev–Trinajstić information content (AvgIpc) is 3.02. The van der Waals surface area contributed by atoms with E-state index in [1.54, 1.807) is 0 Å². The van der Waals surface area contributed by atoms with Crippen molar-refractivity contribution < 1.29 is 0 Å². The van der Waals surface area contributed by atoms with Gasteiger partial charge < -0.3 is 0 Å². The molecule has 4 atom stereocenters. The van der Waals surface area contributed by atoms with E-state index >= 15 is 0 Å². The molecule has 1 heteroatoms. The van der Waals surface area contributed by atoms with Crippen LogP contribution in [-0.4, -0.2) is 0 Å². The maximum absolute atomic E-state index is 2.48. The molecular weight excluding hydrogens is 236 g/mol. The molecule has 0 amide bonds. The molecule has 4 unspecified atom stereocenters. The number of hydrogen-bond donors (Lipinski definition) is 0. The van der Waals surface area contributed by atoms with Crippen molar-refractivity contribution in [1.82, 2.24) is 0 Å². The monoisotopic (exact) mass is 258 g/mol. The highest BCUT2D eigenvalue weighted by molar-refractivity contribution is 7.09. The second-order valence-electron chi connectivity index (χ2n) is 5.87. The first-order valence-electron chi connectivity index (χ1n) is 7.22. The largest absolute Gasteiger partial charge is 0.149 e. The van der Waals surface area contributed by atoms with E-state index in [9.17, 15) is 0 Å². The minimum atomic E-state index is 0.721. The van der Waals surface area contributed by atoms with Gasteiger partial charge in [-0.1, -0.05) is 50.1 Å². The Labute approximate surface area is 114 Å². The summed E-state index contributed by atoms with van der Waals surface area (Å²) in [5, 5.41) is 2.20. The SMILES string of the molecule is CC1CCCC1C1C=CC=CC1Cc1cccs1. The summed E-state index contributed by atoms with van der Waals surface area (Å²) in [5.41, 5.74) is 0. The van der Waals surface area contributed by atoms with Crippen molar-refractivity contribution in [3.8, 4) is 0 Å². The summed E-state index contributed by atoms with van der Waals surface area (Å²) in [4.78, 5) is 1.54. The normalized spacial score (nSPS) is 35.2. The molecule has 1 aromatic heterocycles. The Morgan fingerprint density at radius 3 is 2.83 bits per heavy atom. The molecule has 1 aromatic rings. The van der Waals surface area contributed by atoms with Gasteiger partial charge in [0.25, 0.3) is 0 Å². The molecule has 0 aromatic carbocycles. The molecule has 1 fully saturated rings. The standard InChI is InChI=1S/C17H22S/c1-13-6-4-10-16(13)17-9-3-2-7-14(17)12-15-8-5-11-18-15/h2-3,5,7-9,11,13-14,16-17H,4,6,10,12H2,1H3. The van der Waals surface area contributed by atoms with E-state index in [4.69, 9.17) is 0 Å². The summed E-state index contributed by atoms with van der Waals surface area (Å²) in [6.45, 7) is 2.45. The van der Waals surface area contributed by atoms with Crippen LogP contribution in [0.25, 0.3) is 0 Å². The van der Waals surface area contributed by atoms with Gasteiger partial charge in [0, 0.05) is 4.88 Å². The maximum atomic E-state index is 2.48. The van der Waals surface area contributed by atoms with E-state index in [0.717, 1.165) is 23.7 Å². The number of allylic oxidation sites excluding steroid dienone is 4. The van der Waals surface area contributed by atoms with Crippen LogP contribution in [-0.2, 0) is 6.42 Å². The number of rotatable bonds is 3.